The molecule has 2 amide bonds. The molecule has 2 fully saturated rings. The number of benzene rings is 1. The van der Waals surface area contributed by atoms with E-state index in [9.17, 15) is 22.8 Å². The van der Waals surface area contributed by atoms with Gasteiger partial charge in [0.1, 0.15) is 12.2 Å². The van der Waals surface area contributed by atoms with Gasteiger partial charge in [0.25, 0.3) is 0 Å². The fourth-order valence-electron chi connectivity index (χ4n) is 5.61. The predicted octanol–water partition coefficient (Wildman–Crippen LogP) is 5.22. The molecule has 1 aliphatic heterocycles. The molecule has 0 bridgehead atoms. The minimum atomic E-state index is -2.81. The summed E-state index contributed by atoms with van der Waals surface area (Å²) in [6, 6.07) is 11.4. The summed E-state index contributed by atoms with van der Waals surface area (Å²) < 4.78 is 61.8. The van der Waals surface area contributed by atoms with Crippen LogP contribution in [0, 0.1) is 12.9 Å². The molecule has 1 N–H and O–H groups in total. The Morgan fingerprint density at radius 3 is 2.55 bits per heavy atom. The number of hydrogen-bond donors (Lipinski definition) is 1. The summed E-state index contributed by atoms with van der Waals surface area (Å²) in [5.41, 5.74) is 2.21. The van der Waals surface area contributed by atoms with Crippen LogP contribution in [0.3, 0.4) is 0 Å². The van der Waals surface area contributed by atoms with Crippen LogP contribution in [0.5, 0.6) is 5.88 Å². The number of pyridine rings is 2. The minimum Gasteiger partial charge on any atom is -0.478 e. The number of halogens is 4. The third-order valence-electron chi connectivity index (χ3n) is 7.74. The normalized spacial score (nSPS) is 20.6. The number of nitrogens with zero attached hydrogens (tertiary/aromatic N) is 3. The van der Waals surface area contributed by atoms with Crippen molar-refractivity contribution in [1.29, 1.82) is 0 Å². The SMILES string of the molecule is CCOc1ncc(CC(=O)N2C[C@H](F)C[C@H]2C(=O)N[C@@H](c2ccccc2)c2ccc(C3CC(F)(F)C3)c(F)n2)cc1C. The number of likely N-dealkylation sites (tertiary alicyclic amines) is 1. The molecular formula is C31H32F4N4O3. The van der Waals surface area contributed by atoms with Crippen molar-refractivity contribution < 1.29 is 31.9 Å². The number of alkyl halides is 3. The Hall–Kier alpha value is -4.02. The summed E-state index contributed by atoms with van der Waals surface area (Å²) in [5, 5.41) is 2.83. The number of aryl methyl sites for hydroxylation is 1. The number of nitrogens with one attached hydrogen (secondary N) is 1. The molecule has 1 aliphatic carbocycles. The van der Waals surface area contributed by atoms with Gasteiger partial charge < -0.3 is 15.0 Å². The van der Waals surface area contributed by atoms with E-state index in [2.05, 4.69) is 15.3 Å². The van der Waals surface area contributed by atoms with Crippen molar-refractivity contribution in [3.63, 3.8) is 0 Å². The van der Waals surface area contributed by atoms with Gasteiger partial charge in [0.05, 0.1) is 31.3 Å². The largest absolute Gasteiger partial charge is 0.478 e. The minimum absolute atomic E-state index is 0.0761. The van der Waals surface area contributed by atoms with Crippen LogP contribution >= 0.6 is 0 Å². The summed E-state index contributed by atoms with van der Waals surface area (Å²) in [7, 11) is 0. The zero-order valence-corrected chi connectivity index (χ0v) is 23.3. The van der Waals surface area contributed by atoms with E-state index in [1.54, 1.807) is 36.4 Å². The van der Waals surface area contributed by atoms with Gasteiger partial charge in [-0.05, 0) is 43.0 Å². The molecule has 1 saturated carbocycles. The van der Waals surface area contributed by atoms with Crippen LogP contribution in [0.25, 0.3) is 0 Å². The van der Waals surface area contributed by atoms with Crippen molar-refractivity contribution in [3.05, 3.63) is 88.6 Å². The first-order chi connectivity index (χ1) is 20.0. The highest BCUT2D eigenvalue weighted by atomic mass is 19.3. The van der Waals surface area contributed by atoms with E-state index in [1.807, 2.05) is 13.8 Å². The topological polar surface area (TPSA) is 84.4 Å². The molecule has 1 aromatic carbocycles. The Morgan fingerprint density at radius 2 is 1.90 bits per heavy atom. The van der Waals surface area contributed by atoms with Crippen molar-refractivity contribution in [2.24, 2.45) is 0 Å². The molecule has 3 heterocycles. The van der Waals surface area contributed by atoms with Crippen LogP contribution in [0.2, 0.25) is 0 Å². The van der Waals surface area contributed by atoms with Crippen LogP contribution in [-0.4, -0.2) is 58.0 Å². The van der Waals surface area contributed by atoms with Crippen LogP contribution < -0.4 is 10.1 Å². The van der Waals surface area contributed by atoms with E-state index < -0.39 is 60.7 Å². The molecule has 222 valence electrons. The first-order valence-electron chi connectivity index (χ1n) is 14.0. The van der Waals surface area contributed by atoms with Crippen molar-refractivity contribution in [1.82, 2.24) is 20.2 Å². The van der Waals surface area contributed by atoms with E-state index in [4.69, 9.17) is 4.74 Å². The maximum absolute atomic E-state index is 15.0. The highest BCUT2D eigenvalue weighted by Crippen LogP contribution is 2.48. The van der Waals surface area contributed by atoms with Gasteiger partial charge in [0.15, 0.2) is 0 Å². The number of rotatable bonds is 9. The summed E-state index contributed by atoms with van der Waals surface area (Å²) >= 11 is 0. The van der Waals surface area contributed by atoms with E-state index in [1.165, 1.54) is 23.2 Å². The van der Waals surface area contributed by atoms with E-state index in [-0.39, 0.29) is 30.6 Å². The molecule has 2 aromatic heterocycles. The lowest BCUT2D eigenvalue weighted by molar-refractivity contribution is -0.138. The lowest BCUT2D eigenvalue weighted by Crippen LogP contribution is -2.47. The Bertz CT molecular complexity index is 1450. The first kappa shape index (κ1) is 29.5. The molecule has 5 rings (SSSR count). The van der Waals surface area contributed by atoms with Crippen LogP contribution in [-0.2, 0) is 16.0 Å². The number of aromatic nitrogens is 2. The third-order valence-corrected chi connectivity index (χ3v) is 7.74. The zero-order valence-electron chi connectivity index (χ0n) is 23.3. The van der Waals surface area contributed by atoms with Crippen molar-refractivity contribution in [2.45, 2.75) is 69.6 Å². The molecule has 7 nitrogen and oxygen atoms in total. The third kappa shape index (κ3) is 6.39. The van der Waals surface area contributed by atoms with Crippen LogP contribution in [0.15, 0.2) is 54.7 Å². The second kappa shape index (κ2) is 12.1. The summed E-state index contributed by atoms with van der Waals surface area (Å²) in [6.07, 6.45) is -1.01. The smallest absolute Gasteiger partial charge is 0.249 e. The summed E-state index contributed by atoms with van der Waals surface area (Å²) in [5.74, 6) is -4.88. The fraction of sp³-hybridized carbons (Fsp3) is 0.419. The zero-order chi connectivity index (χ0) is 30.0. The number of ether oxygens (including phenoxy) is 1. The maximum atomic E-state index is 15.0. The van der Waals surface area contributed by atoms with Gasteiger partial charge in [-0.2, -0.15) is 4.39 Å². The van der Waals surface area contributed by atoms with Crippen molar-refractivity contribution >= 4 is 11.8 Å². The molecule has 0 radical (unpaired) electrons. The average Bonchev–Trinajstić information content (AvgIpc) is 3.34. The highest BCUT2D eigenvalue weighted by molar-refractivity contribution is 5.89. The number of amides is 2. The van der Waals surface area contributed by atoms with Gasteiger partial charge in [-0.1, -0.05) is 36.4 Å². The van der Waals surface area contributed by atoms with Crippen LogP contribution in [0.4, 0.5) is 17.6 Å². The molecule has 0 spiro atoms. The van der Waals surface area contributed by atoms with Gasteiger partial charge in [0.2, 0.25) is 29.6 Å². The Kier molecular flexibility index (Phi) is 8.47. The maximum Gasteiger partial charge on any atom is 0.249 e. The van der Waals surface area contributed by atoms with E-state index in [0.717, 1.165) is 5.56 Å². The molecular weight excluding hydrogens is 552 g/mol. The molecule has 42 heavy (non-hydrogen) atoms. The molecule has 3 aromatic rings. The Morgan fingerprint density at radius 1 is 1.17 bits per heavy atom. The lowest BCUT2D eigenvalue weighted by atomic mass is 9.77. The quantitative estimate of drug-likeness (QED) is 0.275. The molecule has 3 atom stereocenters. The van der Waals surface area contributed by atoms with Gasteiger partial charge in [-0.25, -0.2) is 23.1 Å². The van der Waals surface area contributed by atoms with Gasteiger partial charge in [-0.3, -0.25) is 9.59 Å². The van der Waals surface area contributed by atoms with Gasteiger partial charge in [-0.15, -0.1) is 0 Å². The Balaban J connectivity index is 1.34. The number of carbonyl (C=O) groups excluding carboxylic acids is 2. The predicted molar refractivity (Wildman–Crippen MR) is 146 cm³/mol. The monoisotopic (exact) mass is 584 g/mol. The molecule has 11 heteroatoms. The lowest BCUT2D eigenvalue weighted by Gasteiger charge is -2.35. The van der Waals surface area contributed by atoms with Crippen molar-refractivity contribution in [3.8, 4) is 5.88 Å². The van der Waals surface area contributed by atoms with Crippen molar-refractivity contribution in [2.75, 3.05) is 13.2 Å². The average molecular weight is 585 g/mol. The Labute approximate surface area is 241 Å². The second-order valence-corrected chi connectivity index (χ2v) is 10.9. The summed E-state index contributed by atoms with van der Waals surface area (Å²) in [6.45, 7) is 3.87. The second-order valence-electron chi connectivity index (χ2n) is 10.9. The number of carbonyl (C=O) groups is 2. The van der Waals surface area contributed by atoms with E-state index in [0.29, 0.717) is 23.6 Å². The standard InChI is InChI=1S/C31H32F4N4O3/c1-3-42-30-18(2)11-19(16-36-30)12-26(40)39-17-22(32)13-25(39)29(41)38-27(20-7-5-4-6-8-20)24-10-9-23(28(33)37-24)21-14-31(34,35)15-21/h4-11,16,21-22,25,27H,3,12-15,17H2,1-2H3,(H,38,41)/t22-,25+,27+/m1/s1. The molecule has 2 aliphatic rings. The first-order valence-corrected chi connectivity index (χ1v) is 14.0. The number of hydrogen-bond acceptors (Lipinski definition) is 5. The van der Waals surface area contributed by atoms with Gasteiger partial charge >= 0.3 is 0 Å². The van der Waals surface area contributed by atoms with E-state index >= 15 is 4.39 Å². The molecule has 1 saturated heterocycles. The molecule has 0 unspecified atom stereocenters. The fourth-order valence-corrected chi connectivity index (χ4v) is 5.61. The summed E-state index contributed by atoms with van der Waals surface area (Å²) in [4.78, 5) is 36.3. The van der Waals surface area contributed by atoms with Crippen LogP contribution in [0.1, 0.15) is 66.1 Å². The van der Waals surface area contributed by atoms with Gasteiger partial charge in [0, 0.05) is 36.6 Å². The highest BCUT2D eigenvalue weighted by Gasteiger charge is 2.47.